The fourth-order valence-corrected chi connectivity index (χ4v) is 3.89. The minimum absolute atomic E-state index is 0.251. The van der Waals surface area contributed by atoms with Crippen molar-refractivity contribution in [2.24, 2.45) is 11.8 Å². The highest BCUT2D eigenvalue weighted by Gasteiger charge is 2.27. The Balaban J connectivity index is 1.73. The van der Waals surface area contributed by atoms with Gasteiger partial charge in [0.2, 0.25) is 0 Å². The Morgan fingerprint density at radius 3 is 2.09 bits per heavy atom. The quantitative estimate of drug-likeness (QED) is 0.797. The van der Waals surface area contributed by atoms with Gasteiger partial charge in [-0.05, 0) is 64.5 Å². The normalized spacial score (nSPS) is 22.3. The van der Waals surface area contributed by atoms with E-state index in [0.717, 1.165) is 25.6 Å². The smallest absolute Gasteiger partial charge is 0.319 e. The zero-order valence-electron chi connectivity index (χ0n) is 15.1. The van der Waals surface area contributed by atoms with Gasteiger partial charge >= 0.3 is 6.03 Å². The van der Waals surface area contributed by atoms with E-state index in [0.29, 0.717) is 12.0 Å². The SMILES string of the molecule is CCC1CCN(C(=O)N(C)CC2CCN(C(C)C)CC2)CC1. The van der Waals surface area contributed by atoms with Crippen LogP contribution in [0.15, 0.2) is 0 Å². The Kier molecular flexibility index (Phi) is 6.54. The second kappa shape index (κ2) is 8.19. The Hall–Kier alpha value is -0.770. The van der Waals surface area contributed by atoms with Crippen molar-refractivity contribution in [2.45, 2.75) is 58.9 Å². The average Bonchev–Trinajstić information content (AvgIpc) is 2.54. The fraction of sp³-hybridized carbons (Fsp3) is 0.944. The second-order valence-electron chi connectivity index (χ2n) is 7.57. The van der Waals surface area contributed by atoms with E-state index in [2.05, 4.69) is 30.6 Å². The molecule has 2 fully saturated rings. The van der Waals surface area contributed by atoms with Gasteiger partial charge in [0.15, 0.2) is 0 Å². The van der Waals surface area contributed by atoms with E-state index in [1.54, 1.807) is 0 Å². The van der Waals surface area contributed by atoms with Gasteiger partial charge in [-0.25, -0.2) is 4.79 Å². The van der Waals surface area contributed by atoms with Crippen LogP contribution in [-0.2, 0) is 0 Å². The molecule has 2 rings (SSSR count). The van der Waals surface area contributed by atoms with Gasteiger partial charge in [0.05, 0.1) is 0 Å². The van der Waals surface area contributed by atoms with E-state index in [4.69, 9.17) is 0 Å². The number of piperidine rings is 2. The molecule has 4 nitrogen and oxygen atoms in total. The molecule has 0 atom stereocenters. The molecule has 22 heavy (non-hydrogen) atoms. The maximum Gasteiger partial charge on any atom is 0.319 e. The van der Waals surface area contributed by atoms with Crippen molar-refractivity contribution in [2.75, 3.05) is 39.8 Å². The third kappa shape index (κ3) is 4.61. The Morgan fingerprint density at radius 1 is 1.05 bits per heavy atom. The number of likely N-dealkylation sites (tertiary alicyclic amines) is 2. The Morgan fingerprint density at radius 2 is 1.59 bits per heavy atom. The maximum atomic E-state index is 12.6. The van der Waals surface area contributed by atoms with Gasteiger partial charge in [-0.1, -0.05) is 13.3 Å². The highest BCUT2D eigenvalue weighted by molar-refractivity contribution is 5.74. The standard InChI is InChI=1S/C18H35N3O/c1-5-16-6-12-21(13-7-16)18(22)19(4)14-17-8-10-20(11-9-17)15(2)3/h15-17H,5-14H2,1-4H3. The van der Waals surface area contributed by atoms with Gasteiger partial charge in [0.1, 0.15) is 0 Å². The number of rotatable bonds is 4. The number of carbonyl (C=O) groups is 1. The molecular weight excluding hydrogens is 274 g/mol. The summed E-state index contributed by atoms with van der Waals surface area (Å²) in [6, 6.07) is 0.904. The van der Waals surface area contributed by atoms with Crippen LogP contribution in [0.5, 0.6) is 0 Å². The third-order valence-corrected chi connectivity index (χ3v) is 5.70. The summed E-state index contributed by atoms with van der Waals surface area (Å²) in [5.41, 5.74) is 0. The first-order valence-corrected chi connectivity index (χ1v) is 9.25. The average molecular weight is 309 g/mol. The summed E-state index contributed by atoms with van der Waals surface area (Å²) in [5, 5.41) is 0. The molecule has 2 saturated heterocycles. The van der Waals surface area contributed by atoms with Gasteiger partial charge in [-0.2, -0.15) is 0 Å². The number of hydrogen-bond acceptors (Lipinski definition) is 2. The fourth-order valence-electron chi connectivity index (χ4n) is 3.89. The number of urea groups is 1. The minimum atomic E-state index is 0.251. The summed E-state index contributed by atoms with van der Waals surface area (Å²) in [4.78, 5) is 19.2. The lowest BCUT2D eigenvalue weighted by atomic mass is 9.94. The summed E-state index contributed by atoms with van der Waals surface area (Å²) < 4.78 is 0. The van der Waals surface area contributed by atoms with Gasteiger partial charge < -0.3 is 14.7 Å². The summed E-state index contributed by atoms with van der Waals surface area (Å²) in [5.74, 6) is 1.51. The van der Waals surface area contributed by atoms with E-state index < -0.39 is 0 Å². The van der Waals surface area contributed by atoms with Crippen LogP contribution in [0.4, 0.5) is 4.79 Å². The Bertz CT molecular complexity index is 342. The third-order valence-electron chi connectivity index (χ3n) is 5.70. The van der Waals surface area contributed by atoms with Crippen LogP contribution in [0, 0.1) is 11.8 Å². The molecule has 0 N–H and O–H groups in total. The van der Waals surface area contributed by atoms with Gasteiger partial charge in [-0.3, -0.25) is 0 Å². The van der Waals surface area contributed by atoms with E-state index in [-0.39, 0.29) is 6.03 Å². The molecule has 0 aromatic rings. The first-order valence-electron chi connectivity index (χ1n) is 9.25. The zero-order chi connectivity index (χ0) is 16.1. The number of nitrogens with zero attached hydrogens (tertiary/aromatic N) is 3. The van der Waals surface area contributed by atoms with E-state index in [1.807, 2.05) is 11.9 Å². The summed E-state index contributed by atoms with van der Waals surface area (Å²) >= 11 is 0. The summed E-state index contributed by atoms with van der Waals surface area (Å²) in [6.07, 6.45) is 6.08. The molecule has 0 bridgehead atoms. The predicted molar refractivity (Wildman–Crippen MR) is 92.0 cm³/mol. The van der Waals surface area contributed by atoms with Crippen LogP contribution in [0.1, 0.15) is 52.9 Å². The van der Waals surface area contributed by atoms with E-state index >= 15 is 0 Å². The lowest BCUT2D eigenvalue weighted by Crippen LogP contribution is -2.48. The topological polar surface area (TPSA) is 26.8 Å². The monoisotopic (exact) mass is 309 g/mol. The van der Waals surface area contributed by atoms with Crippen molar-refractivity contribution in [3.8, 4) is 0 Å². The van der Waals surface area contributed by atoms with Crippen molar-refractivity contribution in [1.29, 1.82) is 0 Å². The van der Waals surface area contributed by atoms with Crippen LogP contribution in [0.2, 0.25) is 0 Å². The van der Waals surface area contributed by atoms with Gasteiger partial charge in [-0.15, -0.1) is 0 Å². The predicted octanol–water partition coefficient (Wildman–Crippen LogP) is 3.28. The molecular formula is C18H35N3O. The van der Waals surface area contributed by atoms with Crippen LogP contribution >= 0.6 is 0 Å². The molecule has 2 amide bonds. The van der Waals surface area contributed by atoms with E-state index in [1.165, 1.54) is 45.2 Å². The lowest BCUT2D eigenvalue weighted by molar-refractivity contribution is 0.112. The van der Waals surface area contributed by atoms with E-state index in [9.17, 15) is 4.79 Å². The molecule has 0 aromatic carbocycles. The van der Waals surface area contributed by atoms with Crippen LogP contribution in [0.3, 0.4) is 0 Å². The largest absolute Gasteiger partial charge is 0.327 e. The molecule has 2 heterocycles. The van der Waals surface area contributed by atoms with Gasteiger partial charge in [0, 0.05) is 32.7 Å². The molecule has 0 aliphatic carbocycles. The Labute approximate surface area is 136 Å². The molecule has 0 spiro atoms. The first kappa shape index (κ1) is 17.6. The molecule has 0 unspecified atom stereocenters. The van der Waals surface area contributed by atoms with Crippen molar-refractivity contribution >= 4 is 6.03 Å². The molecule has 0 aromatic heterocycles. The minimum Gasteiger partial charge on any atom is -0.327 e. The van der Waals surface area contributed by atoms with Crippen LogP contribution in [-0.4, -0.2) is 66.5 Å². The van der Waals surface area contributed by atoms with Crippen LogP contribution < -0.4 is 0 Å². The molecule has 128 valence electrons. The van der Waals surface area contributed by atoms with Crippen molar-refractivity contribution in [3.63, 3.8) is 0 Å². The number of carbonyl (C=O) groups excluding carboxylic acids is 1. The van der Waals surface area contributed by atoms with Crippen molar-refractivity contribution in [3.05, 3.63) is 0 Å². The number of hydrogen-bond donors (Lipinski definition) is 0. The lowest BCUT2D eigenvalue weighted by Gasteiger charge is -2.38. The molecule has 2 aliphatic rings. The highest BCUT2D eigenvalue weighted by atomic mass is 16.2. The molecule has 4 heteroatoms. The summed E-state index contributed by atoms with van der Waals surface area (Å²) in [6.45, 7) is 12.0. The molecule has 2 aliphatic heterocycles. The second-order valence-corrected chi connectivity index (χ2v) is 7.57. The zero-order valence-corrected chi connectivity index (χ0v) is 15.1. The number of amides is 2. The molecule has 0 radical (unpaired) electrons. The van der Waals surface area contributed by atoms with Gasteiger partial charge in [0.25, 0.3) is 0 Å². The van der Waals surface area contributed by atoms with Crippen molar-refractivity contribution in [1.82, 2.24) is 14.7 Å². The van der Waals surface area contributed by atoms with Crippen LogP contribution in [0.25, 0.3) is 0 Å². The first-order chi connectivity index (χ1) is 10.5. The highest BCUT2D eigenvalue weighted by Crippen LogP contribution is 2.22. The van der Waals surface area contributed by atoms with Crippen molar-refractivity contribution < 1.29 is 4.79 Å². The summed E-state index contributed by atoms with van der Waals surface area (Å²) in [7, 11) is 1.99. The maximum absolute atomic E-state index is 12.6. The molecule has 0 saturated carbocycles.